The minimum atomic E-state index is 0.685. The third kappa shape index (κ3) is 1.40. The van der Waals surface area contributed by atoms with Gasteiger partial charge in [0.25, 0.3) is 0 Å². The van der Waals surface area contributed by atoms with Crippen LogP contribution in [0.15, 0.2) is 11.1 Å². The minimum absolute atomic E-state index is 0.685. The fourth-order valence-corrected chi connectivity index (χ4v) is 1.47. The molecular weight excluding hydrogens is 122 g/mol. The van der Waals surface area contributed by atoms with E-state index in [9.17, 15) is 0 Å². The van der Waals surface area contributed by atoms with Crippen LogP contribution in [0.1, 0.15) is 33.6 Å². The lowest BCUT2D eigenvalue weighted by Crippen LogP contribution is -2.23. The lowest BCUT2D eigenvalue weighted by molar-refractivity contribution is 0.587. The average molecular weight is 139 g/mol. The van der Waals surface area contributed by atoms with Crippen molar-refractivity contribution < 1.29 is 0 Å². The van der Waals surface area contributed by atoms with Gasteiger partial charge in [-0.05, 0) is 20.3 Å². The maximum atomic E-state index is 3.48. The van der Waals surface area contributed by atoms with Crippen LogP contribution < -0.4 is 5.32 Å². The molecule has 1 aliphatic heterocycles. The molecule has 0 amide bonds. The van der Waals surface area contributed by atoms with Crippen molar-refractivity contribution in [1.82, 2.24) is 5.32 Å². The molecule has 0 aromatic rings. The summed E-state index contributed by atoms with van der Waals surface area (Å²) < 4.78 is 0. The summed E-state index contributed by atoms with van der Waals surface area (Å²) in [6.45, 7) is 7.81. The summed E-state index contributed by atoms with van der Waals surface area (Å²) in [7, 11) is 0. The Morgan fingerprint density at radius 2 is 2.20 bits per heavy atom. The van der Waals surface area contributed by atoms with Gasteiger partial charge in [-0.1, -0.05) is 24.5 Å². The monoisotopic (exact) mass is 139 g/mol. The van der Waals surface area contributed by atoms with E-state index in [2.05, 4.69) is 26.1 Å². The molecule has 0 saturated carbocycles. The maximum Gasteiger partial charge on any atom is 0.0282 e. The molecule has 0 spiro atoms. The summed E-state index contributed by atoms with van der Waals surface area (Å²) in [6, 6.07) is 0.685. The van der Waals surface area contributed by atoms with E-state index < -0.39 is 0 Å². The molecule has 0 aromatic carbocycles. The standard InChI is InChI=1S/C9H17N/c1-4-5-9-8(3)7(2)6-10-9/h9-10H,4-6H2,1-3H3. The molecule has 1 N–H and O–H groups in total. The second kappa shape index (κ2) is 3.20. The van der Waals surface area contributed by atoms with Gasteiger partial charge in [0.2, 0.25) is 0 Å². The first-order valence-corrected chi connectivity index (χ1v) is 4.15. The molecule has 1 heterocycles. The molecule has 1 aliphatic rings. The lowest BCUT2D eigenvalue weighted by atomic mass is 10.0. The van der Waals surface area contributed by atoms with Crippen LogP contribution in [0.2, 0.25) is 0 Å². The molecule has 0 saturated heterocycles. The van der Waals surface area contributed by atoms with Gasteiger partial charge in [-0.15, -0.1) is 0 Å². The van der Waals surface area contributed by atoms with E-state index in [0.29, 0.717) is 6.04 Å². The highest BCUT2D eigenvalue weighted by molar-refractivity contribution is 5.22. The van der Waals surface area contributed by atoms with Crippen LogP contribution in [0, 0.1) is 0 Å². The van der Waals surface area contributed by atoms with Crippen molar-refractivity contribution in [1.29, 1.82) is 0 Å². The van der Waals surface area contributed by atoms with Gasteiger partial charge in [-0.25, -0.2) is 0 Å². The van der Waals surface area contributed by atoms with Crippen molar-refractivity contribution in [3.63, 3.8) is 0 Å². The quantitative estimate of drug-likeness (QED) is 0.578. The molecule has 1 nitrogen and oxygen atoms in total. The van der Waals surface area contributed by atoms with E-state index in [-0.39, 0.29) is 0 Å². The van der Waals surface area contributed by atoms with E-state index in [1.807, 2.05) is 0 Å². The van der Waals surface area contributed by atoms with E-state index >= 15 is 0 Å². The SMILES string of the molecule is CCCC1NCC(C)=C1C. The Morgan fingerprint density at radius 1 is 1.50 bits per heavy atom. The highest BCUT2D eigenvalue weighted by atomic mass is 14.9. The fourth-order valence-electron chi connectivity index (χ4n) is 1.47. The van der Waals surface area contributed by atoms with Crippen molar-refractivity contribution in [3.8, 4) is 0 Å². The van der Waals surface area contributed by atoms with Crippen LogP contribution in [-0.4, -0.2) is 12.6 Å². The van der Waals surface area contributed by atoms with Crippen LogP contribution in [0.3, 0.4) is 0 Å². The van der Waals surface area contributed by atoms with Crippen LogP contribution >= 0.6 is 0 Å². The first kappa shape index (κ1) is 7.80. The van der Waals surface area contributed by atoms with Crippen molar-refractivity contribution >= 4 is 0 Å². The molecule has 58 valence electrons. The minimum Gasteiger partial charge on any atom is -0.307 e. The zero-order valence-corrected chi connectivity index (χ0v) is 7.20. The number of nitrogens with one attached hydrogen (secondary N) is 1. The summed E-state index contributed by atoms with van der Waals surface area (Å²) in [5.74, 6) is 0. The van der Waals surface area contributed by atoms with Gasteiger partial charge in [0.15, 0.2) is 0 Å². The van der Waals surface area contributed by atoms with Crippen molar-refractivity contribution in [2.24, 2.45) is 0 Å². The zero-order chi connectivity index (χ0) is 7.56. The Labute approximate surface area is 63.5 Å². The summed E-state index contributed by atoms with van der Waals surface area (Å²) in [5.41, 5.74) is 3.11. The van der Waals surface area contributed by atoms with Crippen molar-refractivity contribution in [3.05, 3.63) is 11.1 Å². The smallest absolute Gasteiger partial charge is 0.0282 e. The van der Waals surface area contributed by atoms with Crippen LogP contribution in [0.4, 0.5) is 0 Å². The first-order chi connectivity index (χ1) is 4.75. The zero-order valence-electron chi connectivity index (χ0n) is 7.20. The molecule has 0 fully saturated rings. The summed E-state index contributed by atoms with van der Waals surface area (Å²) in [6.07, 6.45) is 2.57. The predicted molar refractivity (Wildman–Crippen MR) is 45.1 cm³/mol. The van der Waals surface area contributed by atoms with Gasteiger partial charge < -0.3 is 5.32 Å². The molecule has 0 aromatic heterocycles. The molecule has 1 heteroatoms. The Balaban J connectivity index is 2.50. The predicted octanol–water partition coefficient (Wildman–Crippen LogP) is 2.09. The summed E-state index contributed by atoms with van der Waals surface area (Å²) in [5, 5.41) is 3.48. The molecule has 1 atom stereocenters. The molecule has 10 heavy (non-hydrogen) atoms. The molecular formula is C9H17N. The van der Waals surface area contributed by atoms with Crippen LogP contribution in [0.25, 0.3) is 0 Å². The van der Waals surface area contributed by atoms with E-state index in [1.165, 1.54) is 12.8 Å². The van der Waals surface area contributed by atoms with Gasteiger partial charge in [-0.3, -0.25) is 0 Å². The topological polar surface area (TPSA) is 12.0 Å². The van der Waals surface area contributed by atoms with Gasteiger partial charge in [0, 0.05) is 12.6 Å². The average Bonchev–Trinajstić information content (AvgIpc) is 2.20. The number of hydrogen-bond acceptors (Lipinski definition) is 1. The van der Waals surface area contributed by atoms with Crippen LogP contribution in [0.5, 0.6) is 0 Å². The van der Waals surface area contributed by atoms with Gasteiger partial charge in [-0.2, -0.15) is 0 Å². The normalized spacial score (nSPS) is 26.1. The highest BCUT2D eigenvalue weighted by Gasteiger charge is 2.16. The van der Waals surface area contributed by atoms with E-state index in [0.717, 1.165) is 6.54 Å². The largest absolute Gasteiger partial charge is 0.307 e. The summed E-state index contributed by atoms with van der Waals surface area (Å²) in [4.78, 5) is 0. The third-order valence-corrected chi connectivity index (χ3v) is 2.39. The second-order valence-corrected chi connectivity index (χ2v) is 3.19. The molecule has 0 radical (unpaired) electrons. The Bertz CT molecular complexity index is 147. The molecule has 1 unspecified atom stereocenters. The van der Waals surface area contributed by atoms with Crippen molar-refractivity contribution in [2.45, 2.75) is 39.7 Å². The van der Waals surface area contributed by atoms with Gasteiger partial charge in [0.05, 0.1) is 0 Å². The van der Waals surface area contributed by atoms with Gasteiger partial charge in [0.1, 0.15) is 0 Å². The van der Waals surface area contributed by atoms with Gasteiger partial charge >= 0.3 is 0 Å². The van der Waals surface area contributed by atoms with E-state index in [1.54, 1.807) is 11.1 Å². The lowest BCUT2D eigenvalue weighted by Gasteiger charge is -2.10. The van der Waals surface area contributed by atoms with E-state index in [4.69, 9.17) is 0 Å². The fraction of sp³-hybridized carbons (Fsp3) is 0.778. The molecule has 0 aliphatic carbocycles. The Hall–Kier alpha value is -0.300. The first-order valence-electron chi connectivity index (χ1n) is 4.15. The summed E-state index contributed by atoms with van der Waals surface area (Å²) >= 11 is 0. The van der Waals surface area contributed by atoms with Crippen LogP contribution in [-0.2, 0) is 0 Å². The Kier molecular flexibility index (Phi) is 2.50. The molecule has 1 rings (SSSR count). The third-order valence-electron chi connectivity index (χ3n) is 2.39. The number of rotatable bonds is 2. The highest BCUT2D eigenvalue weighted by Crippen LogP contribution is 2.17. The second-order valence-electron chi connectivity index (χ2n) is 3.19. The Morgan fingerprint density at radius 3 is 2.60 bits per heavy atom. The molecule has 0 bridgehead atoms. The van der Waals surface area contributed by atoms with Crippen molar-refractivity contribution in [2.75, 3.05) is 6.54 Å². The maximum absolute atomic E-state index is 3.48. The number of hydrogen-bond donors (Lipinski definition) is 1.